The number of hydrogen-bond acceptors (Lipinski definition) is 6. The summed E-state index contributed by atoms with van der Waals surface area (Å²) in [6, 6.07) is 3.15. The maximum absolute atomic E-state index is 12.3. The molecule has 0 amide bonds. The zero-order valence-corrected chi connectivity index (χ0v) is 13.2. The molecule has 0 spiro atoms. The van der Waals surface area contributed by atoms with Crippen molar-refractivity contribution in [3.63, 3.8) is 0 Å². The molecule has 7 nitrogen and oxygen atoms in total. The highest BCUT2D eigenvalue weighted by Crippen LogP contribution is 2.22. The van der Waals surface area contributed by atoms with Gasteiger partial charge in [-0.05, 0) is 28.9 Å². The summed E-state index contributed by atoms with van der Waals surface area (Å²) in [6.45, 7) is 1.79. The molecule has 0 bridgehead atoms. The monoisotopic (exact) mass is 360 g/mol. The number of aryl methyl sites for hydroxylation is 1. The lowest BCUT2D eigenvalue weighted by Crippen LogP contribution is -2.24. The minimum atomic E-state index is -3.70. The molecule has 0 radical (unpaired) electrons. The van der Waals surface area contributed by atoms with E-state index in [1.54, 1.807) is 20.0 Å². The van der Waals surface area contributed by atoms with Gasteiger partial charge in [-0.2, -0.15) is 0 Å². The molecule has 0 unspecified atom stereocenters. The average Bonchev–Trinajstić information content (AvgIpc) is 2.82. The summed E-state index contributed by atoms with van der Waals surface area (Å²) in [7, 11) is -2.09. The molecular weight excluding hydrogens is 348 g/mol. The van der Waals surface area contributed by atoms with E-state index in [1.165, 1.54) is 12.3 Å². The quantitative estimate of drug-likeness (QED) is 0.841. The van der Waals surface area contributed by atoms with Crippen LogP contribution in [0.4, 0.5) is 5.82 Å². The third-order valence-electron chi connectivity index (χ3n) is 2.47. The van der Waals surface area contributed by atoms with E-state index in [9.17, 15) is 8.42 Å². The van der Waals surface area contributed by atoms with Crippen molar-refractivity contribution >= 4 is 31.8 Å². The maximum Gasteiger partial charge on any atom is 0.244 e. The van der Waals surface area contributed by atoms with Crippen LogP contribution in [-0.2, 0) is 16.6 Å². The number of aromatic nitrogens is 2. The minimum absolute atomic E-state index is 0.0509. The number of pyridine rings is 1. The van der Waals surface area contributed by atoms with Gasteiger partial charge in [0.25, 0.3) is 0 Å². The van der Waals surface area contributed by atoms with Gasteiger partial charge in [0.2, 0.25) is 10.0 Å². The Balaban J connectivity index is 2.24. The summed E-state index contributed by atoms with van der Waals surface area (Å²) in [5.41, 5.74) is 0.514. The van der Waals surface area contributed by atoms with Crippen LogP contribution in [0, 0.1) is 6.92 Å². The fourth-order valence-corrected chi connectivity index (χ4v) is 3.23. The lowest BCUT2D eigenvalue weighted by Gasteiger charge is -2.09. The van der Waals surface area contributed by atoms with Crippen LogP contribution in [0.1, 0.15) is 11.5 Å². The first kappa shape index (κ1) is 14.9. The van der Waals surface area contributed by atoms with Crippen LogP contribution in [0.2, 0.25) is 0 Å². The van der Waals surface area contributed by atoms with E-state index in [0.29, 0.717) is 15.9 Å². The minimum Gasteiger partial charge on any atom is -0.372 e. The molecule has 0 aliphatic heterocycles. The van der Waals surface area contributed by atoms with Gasteiger partial charge in [-0.15, -0.1) is 0 Å². The van der Waals surface area contributed by atoms with E-state index < -0.39 is 10.0 Å². The zero-order valence-electron chi connectivity index (χ0n) is 10.8. The van der Waals surface area contributed by atoms with Crippen LogP contribution in [0.25, 0.3) is 0 Å². The van der Waals surface area contributed by atoms with Crippen molar-refractivity contribution in [2.75, 3.05) is 12.4 Å². The lowest BCUT2D eigenvalue weighted by molar-refractivity contribution is 0.390. The van der Waals surface area contributed by atoms with Gasteiger partial charge in [-0.1, -0.05) is 5.16 Å². The topological polar surface area (TPSA) is 97.1 Å². The molecule has 108 valence electrons. The van der Waals surface area contributed by atoms with Crippen molar-refractivity contribution in [1.29, 1.82) is 0 Å². The van der Waals surface area contributed by atoms with Crippen molar-refractivity contribution in [2.45, 2.75) is 18.4 Å². The van der Waals surface area contributed by atoms with Gasteiger partial charge in [0.1, 0.15) is 16.5 Å². The standard InChI is InChI=1S/C11H13BrN4O3S/c1-7-3-9(16-19-7)6-15-20(17,18)10-4-8(12)5-14-11(10)13-2/h3-5,15H,6H2,1-2H3,(H,13,14). The van der Waals surface area contributed by atoms with Gasteiger partial charge in [0.05, 0.1) is 12.2 Å². The molecule has 9 heteroatoms. The van der Waals surface area contributed by atoms with Gasteiger partial charge in [-0.25, -0.2) is 18.1 Å². The molecule has 0 saturated carbocycles. The van der Waals surface area contributed by atoms with Gasteiger partial charge < -0.3 is 9.84 Å². The van der Waals surface area contributed by atoms with Crippen LogP contribution in [0.5, 0.6) is 0 Å². The van der Waals surface area contributed by atoms with Crippen molar-refractivity contribution in [1.82, 2.24) is 14.9 Å². The second kappa shape index (κ2) is 5.90. The van der Waals surface area contributed by atoms with Crippen molar-refractivity contribution in [3.8, 4) is 0 Å². The van der Waals surface area contributed by atoms with Crippen molar-refractivity contribution in [3.05, 3.63) is 34.3 Å². The number of hydrogen-bond donors (Lipinski definition) is 2. The normalized spacial score (nSPS) is 11.6. The highest BCUT2D eigenvalue weighted by Gasteiger charge is 2.20. The predicted octanol–water partition coefficient (Wildman–Crippen LogP) is 1.66. The average molecular weight is 361 g/mol. The second-order valence-corrected chi connectivity index (χ2v) is 6.65. The van der Waals surface area contributed by atoms with E-state index in [-0.39, 0.29) is 17.3 Å². The fraction of sp³-hybridized carbons (Fsp3) is 0.273. The van der Waals surface area contributed by atoms with Crippen LogP contribution in [0.3, 0.4) is 0 Å². The molecule has 2 aromatic heterocycles. The molecule has 2 rings (SSSR count). The first-order chi connectivity index (χ1) is 9.42. The molecule has 2 N–H and O–H groups in total. The number of nitrogens with zero attached hydrogens (tertiary/aromatic N) is 2. The molecule has 0 aliphatic rings. The SMILES string of the molecule is CNc1ncc(Br)cc1S(=O)(=O)NCc1cc(C)on1. The van der Waals surface area contributed by atoms with E-state index in [4.69, 9.17) is 4.52 Å². The first-order valence-electron chi connectivity index (χ1n) is 5.67. The number of rotatable bonds is 5. The smallest absolute Gasteiger partial charge is 0.244 e. The van der Waals surface area contributed by atoms with E-state index in [2.05, 4.69) is 36.1 Å². The zero-order chi connectivity index (χ0) is 14.8. The molecule has 2 aromatic rings. The summed E-state index contributed by atoms with van der Waals surface area (Å²) in [4.78, 5) is 4.08. The Morgan fingerprint density at radius 1 is 1.40 bits per heavy atom. The van der Waals surface area contributed by atoms with Gasteiger partial charge in [0, 0.05) is 23.8 Å². The third kappa shape index (κ3) is 3.35. The van der Waals surface area contributed by atoms with E-state index in [1.807, 2.05) is 0 Å². The number of sulfonamides is 1. The Hall–Kier alpha value is -1.45. The Kier molecular flexibility index (Phi) is 4.41. The predicted molar refractivity (Wildman–Crippen MR) is 76.7 cm³/mol. The second-order valence-electron chi connectivity index (χ2n) is 4.00. The Morgan fingerprint density at radius 3 is 2.75 bits per heavy atom. The van der Waals surface area contributed by atoms with Crippen LogP contribution in [-0.4, -0.2) is 25.6 Å². The number of nitrogens with one attached hydrogen (secondary N) is 2. The Bertz CT molecular complexity index is 714. The number of halogens is 1. The fourth-order valence-electron chi connectivity index (χ4n) is 1.56. The van der Waals surface area contributed by atoms with Gasteiger partial charge >= 0.3 is 0 Å². The van der Waals surface area contributed by atoms with Crippen molar-refractivity contribution < 1.29 is 12.9 Å². The van der Waals surface area contributed by atoms with Crippen LogP contribution < -0.4 is 10.0 Å². The summed E-state index contributed by atoms with van der Waals surface area (Å²) < 4.78 is 32.5. The van der Waals surface area contributed by atoms with E-state index >= 15 is 0 Å². The molecule has 0 atom stereocenters. The summed E-state index contributed by atoms with van der Waals surface area (Å²) in [5, 5.41) is 6.48. The van der Waals surface area contributed by atoms with Gasteiger partial charge in [-0.3, -0.25) is 0 Å². The lowest BCUT2D eigenvalue weighted by atomic mass is 10.4. The summed E-state index contributed by atoms with van der Waals surface area (Å²) in [5.74, 6) is 0.899. The molecule has 0 aliphatic carbocycles. The van der Waals surface area contributed by atoms with Gasteiger partial charge in [0.15, 0.2) is 0 Å². The molecule has 0 saturated heterocycles. The first-order valence-corrected chi connectivity index (χ1v) is 7.95. The van der Waals surface area contributed by atoms with E-state index in [0.717, 1.165) is 0 Å². The molecule has 0 fully saturated rings. The Morgan fingerprint density at radius 2 is 2.15 bits per heavy atom. The molecular formula is C11H13BrN4O3S. The largest absolute Gasteiger partial charge is 0.372 e. The summed E-state index contributed by atoms with van der Waals surface area (Å²) >= 11 is 3.21. The van der Waals surface area contributed by atoms with Crippen molar-refractivity contribution in [2.24, 2.45) is 0 Å². The Labute approximate surface area is 124 Å². The molecule has 0 aromatic carbocycles. The van der Waals surface area contributed by atoms with Crippen LogP contribution in [0.15, 0.2) is 32.2 Å². The van der Waals surface area contributed by atoms with Crippen LogP contribution >= 0.6 is 15.9 Å². The third-order valence-corrected chi connectivity index (χ3v) is 4.31. The molecule has 2 heterocycles. The highest BCUT2D eigenvalue weighted by atomic mass is 79.9. The maximum atomic E-state index is 12.3. The number of anilines is 1. The molecule has 20 heavy (non-hydrogen) atoms. The summed E-state index contributed by atoms with van der Waals surface area (Å²) in [6.07, 6.45) is 1.52. The highest BCUT2D eigenvalue weighted by molar-refractivity contribution is 9.10.